The second-order valence-corrected chi connectivity index (χ2v) is 6.19. The summed E-state index contributed by atoms with van der Waals surface area (Å²) in [4.78, 5) is 24.8. The van der Waals surface area contributed by atoms with E-state index in [0.29, 0.717) is 27.3 Å². The van der Waals surface area contributed by atoms with E-state index in [4.69, 9.17) is 26.8 Å². The van der Waals surface area contributed by atoms with Crippen LogP contribution in [0.15, 0.2) is 23.1 Å². The Hall–Kier alpha value is -2.06. The predicted molar refractivity (Wildman–Crippen MR) is 91.7 cm³/mol. The van der Waals surface area contributed by atoms with Gasteiger partial charge in [0.25, 0.3) is 5.91 Å². The molecule has 0 bridgehead atoms. The summed E-state index contributed by atoms with van der Waals surface area (Å²) in [7, 11) is 1.46. The van der Waals surface area contributed by atoms with Crippen LogP contribution in [0.2, 0.25) is 0 Å². The van der Waals surface area contributed by atoms with Gasteiger partial charge in [0, 0.05) is 6.54 Å². The molecule has 0 aromatic heterocycles. The van der Waals surface area contributed by atoms with Crippen LogP contribution in [0, 0.1) is 0 Å². The number of carboxylic acid groups (broad SMARTS) is 1. The zero-order chi connectivity index (χ0) is 17.0. The molecule has 1 N–H and O–H groups in total. The number of amides is 1. The number of ether oxygens (including phenoxy) is 2. The standard InChI is InChI=1S/C15H15NO5S2/c1-3-16-14(19)12(23-15(16)22)7-9-4-5-10(11(6-9)20-2)21-8-13(17)18/h4-7H,3,8H2,1-2H3,(H,17,18). The van der Waals surface area contributed by atoms with Crippen molar-refractivity contribution in [2.45, 2.75) is 6.92 Å². The van der Waals surface area contributed by atoms with Crippen LogP contribution in [-0.2, 0) is 9.59 Å². The first-order valence-corrected chi connectivity index (χ1v) is 7.96. The van der Waals surface area contributed by atoms with Crippen molar-refractivity contribution in [2.75, 3.05) is 20.3 Å². The highest BCUT2D eigenvalue weighted by atomic mass is 32.2. The number of thioether (sulfide) groups is 1. The summed E-state index contributed by atoms with van der Waals surface area (Å²) in [6.07, 6.45) is 1.72. The maximum Gasteiger partial charge on any atom is 0.341 e. The van der Waals surface area contributed by atoms with Crippen LogP contribution in [0.1, 0.15) is 12.5 Å². The average molecular weight is 353 g/mol. The molecule has 6 nitrogen and oxygen atoms in total. The minimum atomic E-state index is -1.07. The summed E-state index contributed by atoms with van der Waals surface area (Å²) in [6.45, 7) is 1.95. The van der Waals surface area contributed by atoms with Gasteiger partial charge in [0.1, 0.15) is 4.32 Å². The van der Waals surface area contributed by atoms with E-state index in [2.05, 4.69) is 0 Å². The molecule has 1 amide bonds. The van der Waals surface area contributed by atoms with Crippen molar-refractivity contribution in [1.29, 1.82) is 0 Å². The summed E-state index contributed by atoms with van der Waals surface area (Å²) in [5.74, 6) is -0.467. The molecule has 1 aliphatic rings. The number of methoxy groups -OCH3 is 1. The summed E-state index contributed by atoms with van der Waals surface area (Å²) >= 11 is 6.42. The molecule has 1 saturated heterocycles. The number of carbonyl (C=O) groups is 2. The Morgan fingerprint density at radius 3 is 2.74 bits per heavy atom. The Morgan fingerprint density at radius 2 is 2.17 bits per heavy atom. The fraction of sp³-hybridized carbons (Fsp3) is 0.267. The lowest BCUT2D eigenvalue weighted by molar-refractivity contribution is -0.139. The lowest BCUT2D eigenvalue weighted by atomic mass is 10.2. The third-order valence-corrected chi connectivity index (χ3v) is 4.40. The molecule has 0 aliphatic carbocycles. The van der Waals surface area contributed by atoms with Crippen molar-refractivity contribution in [2.24, 2.45) is 0 Å². The third-order valence-electron chi connectivity index (χ3n) is 3.03. The topological polar surface area (TPSA) is 76.1 Å². The Balaban J connectivity index is 2.24. The fourth-order valence-corrected chi connectivity index (χ4v) is 3.34. The van der Waals surface area contributed by atoms with E-state index >= 15 is 0 Å². The van der Waals surface area contributed by atoms with Crippen LogP contribution in [0.3, 0.4) is 0 Å². The lowest BCUT2D eigenvalue weighted by Gasteiger charge is -2.10. The normalized spacial score (nSPS) is 16.1. The molecule has 23 heavy (non-hydrogen) atoms. The number of carboxylic acids is 1. The van der Waals surface area contributed by atoms with E-state index in [1.54, 1.807) is 24.3 Å². The van der Waals surface area contributed by atoms with Crippen LogP contribution in [0.5, 0.6) is 11.5 Å². The Kier molecular flexibility index (Phi) is 5.62. The van der Waals surface area contributed by atoms with E-state index in [1.165, 1.54) is 23.8 Å². The maximum atomic E-state index is 12.2. The van der Waals surface area contributed by atoms with Crippen molar-refractivity contribution >= 4 is 46.3 Å². The Morgan fingerprint density at radius 1 is 1.43 bits per heavy atom. The average Bonchev–Trinajstić information content (AvgIpc) is 2.79. The molecule has 0 atom stereocenters. The molecular formula is C15H15NO5S2. The number of likely N-dealkylation sites (N-methyl/N-ethyl adjacent to an activating group) is 1. The van der Waals surface area contributed by atoms with Crippen molar-refractivity contribution in [1.82, 2.24) is 4.90 Å². The van der Waals surface area contributed by atoms with Gasteiger partial charge in [-0.05, 0) is 30.7 Å². The molecule has 1 aliphatic heterocycles. The molecule has 122 valence electrons. The van der Waals surface area contributed by atoms with Gasteiger partial charge in [-0.25, -0.2) is 4.79 Å². The van der Waals surface area contributed by atoms with Gasteiger partial charge >= 0.3 is 5.97 Å². The summed E-state index contributed by atoms with van der Waals surface area (Å²) in [5, 5.41) is 8.65. The third kappa shape index (κ3) is 4.02. The molecule has 0 saturated carbocycles. The predicted octanol–water partition coefficient (Wildman–Crippen LogP) is 2.38. The zero-order valence-corrected chi connectivity index (χ0v) is 14.2. The van der Waals surface area contributed by atoms with Gasteiger partial charge in [-0.3, -0.25) is 9.69 Å². The van der Waals surface area contributed by atoms with Crippen LogP contribution < -0.4 is 9.47 Å². The largest absolute Gasteiger partial charge is 0.493 e. The first-order chi connectivity index (χ1) is 11.0. The smallest absolute Gasteiger partial charge is 0.341 e. The molecule has 1 aromatic carbocycles. The van der Waals surface area contributed by atoms with E-state index in [0.717, 1.165) is 5.56 Å². The van der Waals surface area contributed by atoms with Gasteiger partial charge in [-0.1, -0.05) is 30.0 Å². The highest BCUT2D eigenvalue weighted by Gasteiger charge is 2.30. The van der Waals surface area contributed by atoms with Gasteiger partial charge in [0.2, 0.25) is 0 Å². The quantitative estimate of drug-likeness (QED) is 0.621. The molecule has 8 heteroatoms. The zero-order valence-electron chi connectivity index (χ0n) is 12.6. The Bertz CT molecular complexity index is 686. The van der Waals surface area contributed by atoms with Gasteiger partial charge in [0.05, 0.1) is 12.0 Å². The molecule has 0 radical (unpaired) electrons. The highest BCUT2D eigenvalue weighted by molar-refractivity contribution is 8.26. The molecule has 1 heterocycles. The second kappa shape index (κ2) is 7.47. The van der Waals surface area contributed by atoms with Gasteiger partial charge in [-0.2, -0.15) is 0 Å². The number of aliphatic carboxylic acids is 1. The lowest BCUT2D eigenvalue weighted by Crippen LogP contribution is -2.27. The van der Waals surface area contributed by atoms with Crippen LogP contribution in [0.4, 0.5) is 0 Å². The minimum Gasteiger partial charge on any atom is -0.493 e. The highest BCUT2D eigenvalue weighted by Crippen LogP contribution is 2.34. The first-order valence-electron chi connectivity index (χ1n) is 6.74. The van der Waals surface area contributed by atoms with E-state index in [-0.39, 0.29) is 5.91 Å². The van der Waals surface area contributed by atoms with Crippen molar-refractivity contribution in [3.63, 3.8) is 0 Å². The number of benzene rings is 1. The maximum absolute atomic E-state index is 12.2. The Labute approximate surface area is 143 Å². The number of hydrogen-bond donors (Lipinski definition) is 1. The van der Waals surface area contributed by atoms with Crippen molar-refractivity contribution in [3.8, 4) is 11.5 Å². The molecule has 0 spiro atoms. The summed E-state index contributed by atoms with van der Waals surface area (Å²) in [5.41, 5.74) is 0.737. The van der Waals surface area contributed by atoms with E-state index in [1.807, 2.05) is 6.92 Å². The monoisotopic (exact) mass is 353 g/mol. The molecule has 2 rings (SSSR count). The molecule has 0 unspecified atom stereocenters. The number of nitrogens with zero attached hydrogens (tertiary/aromatic N) is 1. The summed E-state index contributed by atoms with van der Waals surface area (Å²) < 4.78 is 10.9. The van der Waals surface area contributed by atoms with E-state index < -0.39 is 12.6 Å². The number of rotatable bonds is 6. The summed E-state index contributed by atoms with van der Waals surface area (Å²) in [6, 6.07) is 5.00. The minimum absolute atomic E-state index is 0.118. The molecule has 1 fully saturated rings. The number of thiocarbonyl (C=S) groups is 1. The molecule has 1 aromatic rings. The van der Waals surface area contributed by atoms with Crippen LogP contribution in [-0.4, -0.2) is 46.5 Å². The fourth-order valence-electron chi connectivity index (χ4n) is 1.96. The van der Waals surface area contributed by atoms with Gasteiger partial charge in [-0.15, -0.1) is 0 Å². The molecular weight excluding hydrogens is 338 g/mol. The number of hydrogen-bond acceptors (Lipinski definition) is 6. The second-order valence-electron chi connectivity index (χ2n) is 4.52. The van der Waals surface area contributed by atoms with Gasteiger partial charge < -0.3 is 14.6 Å². The van der Waals surface area contributed by atoms with Gasteiger partial charge in [0.15, 0.2) is 18.1 Å². The number of carbonyl (C=O) groups excluding carboxylic acids is 1. The van der Waals surface area contributed by atoms with Crippen LogP contribution >= 0.6 is 24.0 Å². The van der Waals surface area contributed by atoms with Crippen molar-refractivity contribution in [3.05, 3.63) is 28.7 Å². The van der Waals surface area contributed by atoms with E-state index in [9.17, 15) is 9.59 Å². The SMILES string of the molecule is CCN1C(=O)C(=Cc2ccc(OCC(=O)O)c(OC)c2)SC1=S. The first kappa shape index (κ1) is 17.3. The van der Waals surface area contributed by atoms with Crippen molar-refractivity contribution < 1.29 is 24.2 Å². The van der Waals surface area contributed by atoms with Crippen LogP contribution in [0.25, 0.3) is 6.08 Å².